The highest BCUT2D eigenvalue weighted by molar-refractivity contribution is 5.86. The summed E-state index contributed by atoms with van der Waals surface area (Å²) in [5.41, 5.74) is 3.63. The number of benzene rings is 1. The Morgan fingerprint density at radius 2 is 1.88 bits per heavy atom. The number of aromatic carboxylic acids is 1. The number of hydrogen-bond acceptors (Lipinski definition) is 1. The largest absolute Gasteiger partial charge is 0.477 e. The monoisotopic (exact) mass is 229 g/mol. The first-order chi connectivity index (χ1) is 8.09. The zero-order chi connectivity index (χ0) is 12.4. The molecule has 0 aliphatic carbocycles. The van der Waals surface area contributed by atoms with Crippen LogP contribution in [-0.4, -0.2) is 15.6 Å². The van der Waals surface area contributed by atoms with Crippen LogP contribution in [0.25, 0.3) is 0 Å². The average Bonchev–Trinajstić information content (AvgIpc) is 2.64. The zero-order valence-corrected chi connectivity index (χ0v) is 9.97. The van der Waals surface area contributed by atoms with E-state index in [9.17, 15) is 4.79 Å². The van der Waals surface area contributed by atoms with Crippen molar-refractivity contribution in [1.29, 1.82) is 0 Å². The number of aryl methyl sites for hydroxylation is 2. The Kier molecular flexibility index (Phi) is 3.00. The lowest BCUT2D eigenvalue weighted by atomic mass is 10.1. The van der Waals surface area contributed by atoms with Gasteiger partial charge < -0.3 is 9.67 Å². The minimum Gasteiger partial charge on any atom is -0.477 e. The lowest BCUT2D eigenvalue weighted by molar-refractivity contribution is 0.0685. The Balaban J connectivity index is 2.39. The van der Waals surface area contributed by atoms with Crippen molar-refractivity contribution in [1.82, 2.24) is 4.57 Å². The molecule has 0 saturated heterocycles. The molecule has 88 valence electrons. The maximum Gasteiger partial charge on any atom is 0.352 e. The summed E-state index contributed by atoms with van der Waals surface area (Å²) in [6.07, 6.45) is 0. The maximum atomic E-state index is 11.1. The van der Waals surface area contributed by atoms with Crippen LogP contribution in [0.5, 0.6) is 0 Å². The lowest BCUT2D eigenvalue weighted by Crippen LogP contribution is -2.11. The van der Waals surface area contributed by atoms with Gasteiger partial charge in [-0.1, -0.05) is 24.3 Å². The van der Waals surface area contributed by atoms with Crippen molar-refractivity contribution in [3.05, 3.63) is 58.9 Å². The predicted octanol–water partition coefficient (Wildman–Crippen LogP) is 2.85. The van der Waals surface area contributed by atoms with Gasteiger partial charge in [0.2, 0.25) is 0 Å². The summed E-state index contributed by atoms with van der Waals surface area (Å²) in [7, 11) is 0. The van der Waals surface area contributed by atoms with Crippen molar-refractivity contribution in [3.8, 4) is 0 Å². The van der Waals surface area contributed by atoms with Crippen molar-refractivity contribution in [2.75, 3.05) is 0 Å². The van der Waals surface area contributed by atoms with Crippen molar-refractivity contribution >= 4 is 5.97 Å². The van der Waals surface area contributed by atoms with Crippen LogP contribution in [0, 0.1) is 13.8 Å². The standard InChI is InChI=1S/C14H15NO2/c1-10-5-3-4-6-12(10)9-15-11(2)7-8-13(15)14(16)17/h3-8H,9H2,1-2H3,(H,16,17). The van der Waals surface area contributed by atoms with Crippen LogP contribution in [0.1, 0.15) is 27.3 Å². The number of nitrogens with zero attached hydrogens (tertiary/aromatic N) is 1. The zero-order valence-electron chi connectivity index (χ0n) is 9.97. The van der Waals surface area contributed by atoms with E-state index in [1.165, 1.54) is 5.56 Å². The highest BCUT2D eigenvalue weighted by atomic mass is 16.4. The fourth-order valence-corrected chi connectivity index (χ4v) is 1.92. The first-order valence-corrected chi connectivity index (χ1v) is 5.53. The van der Waals surface area contributed by atoms with Gasteiger partial charge in [0.25, 0.3) is 0 Å². The second kappa shape index (κ2) is 4.45. The summed E-state index contributed by atoms with van der Waals surface area (Å²) in [4.78, 5) is 11.1. The van der Waals surface area contributed by atoms with Crippen molar-refractivity contribution in [2.24, 2.45) is 0 Å². The molecule has 0 radical (unpaired) electrons. The molecule has 17 heavy (non-hydrogen) atoms. The summed E-state index contributed by atoms with van der Waals surface area (Å²) in [6, 6.07) is 11.5. The van der Waals surface area contributed by atoms with Gasteiger partial charge >= 0.3 is 5.97 Å². The van der Waals surface area contributed by atoms with E-state index in [4.69, 9.17) is 5.11 Å². The van der Waals surface area contributed by atoms with Crippen LogP contribution in [0.3, 0.4) is 0 Å². The van der Waals surface area contributed by atoms with Gasteiger partial charge in [0.05, 0.1) is 0 Å². The lowest BCUT2D eigenvalue weighted by Gasteiger charge is -2.11. The van der Waals surface area contributed by atoms with Crippen molar-refractivity contribution in [3.63, 3.8) is 0 Å². The van der Waals surface area contributed by atoms with Gasteiger partial charge in [0.1, 0.15) is 5.69 Å². The number of aromatic nitrogens is 1. The molecule has 0 aliphatic rings. The molecule has 0 atom stereocenters. The van der Waals surface area contributed by atoms with E-state index in [0.717, 1.165) is 11.3 Å². The first-order valence-electron chi connectivity index (χ1n) is 5.53. The van der Waals surface area contributed by atoms with Crippen molar-refractivity contribution < 1.29 is 9.90 Å². The Morgan fingerprint density at radius 1 is 1.18 bits per heavy atom. The number of carboxylic acids is 1. The Labute approximate surface area is 100 Å². The molecule has 2 aromatic rings. The molecule has 3 nitrogen and oxygen atoms in total. The minimum atomic E-state index is -0.883. The van der Waals surface area contributed by atoms with Gasteiger partial charge in [0, 0.05) is 12.2 Å². The van der Waals surface area contributed by atoms with E-state index in [1.54, 1.807) is 6.07 Å². The molecule has 0 spiro atoms. The van der Waals surface area contributed by atoms with Gasteiger partial charge in [-0.3, -0.25) is 0 Å². The van der Waals surface area contributed by atoms with Gasteiger partial charge in [-0.05, 0) is 37.1 Å². The van der Waals surface area contributed by atoms with Crippen LogP contribution in [0.2, 0.25) is 0 Å². The van der Waals surface area contributed by atoms with Crippen LogP contribution >= 0.6 is 0 Å². The third-order valence-electron chi connectivity index (χ3n) is 3.01. The molecule has 2 rings (SSSR count). The van der Waals surface area contributed by atoms with E-state index in [1.807, 2.05) is 48.7 Å². The van der Waals surface area contributed by atoms with E-state index in [-0.39, 0.29) is 0 Å². The number of carboxylic acid groups (broad SMARTS) is 1. The maximum absolute atomic E-state index is 11.1. The van der Waals surface area contributed by atoms with E-state index < -0.39 is 5.97 Å². The average molecular weight is 229 g/mol. The van der Waals surface area contributed by atoms with Gasteiger partial charge in [0.15, 0.2) is 0 Å². The number of hydrogen-bond donors (Lipinski definition) is 1. The molecule has 1 N–H and O–H groups in total. The first kappa shape index (κ1) is 11.5. The quantitative estimate of drug-likeness (QED) is 0.879. The molecule has 0 aliphatic heterocycles. The topological polar surface area (TPSA) is 42.2 Å². The SMILES string of the molecule is Cc1ccccc1Cn1c(C)ccc1C(=O)O. The molecule has 1 aromatic heterocycles. The number of carbonyl (C=O) groups is 1. The normalized spacial score (nSPS) is 10.5. The molecule has 0 fully saturated rings. The van der Waals surface area contributed by atoms with Crippen LogP contribution in [0.15, 0.2) is 36.4 Å². The Bertz CT molecular complexity index is 555. The van der Waals surface area contributed by atoms with Crippen LogP contribution in [0.4, 0.5) is 0 Å². The highest BCUT2D eigenvalue weighted by Crippen LogP contribution is 2.14. The molecule has 1 heterocycles. The molecule has 0 saturated carbocycles. The smallest absolute Gasteiger partial charge is 0.352 e. The molecule has 0 bridgehead atoms. The minimum absolute atomic E-state index is 0.339. The highest BCUT2D eigenvalue weighted by Gasteiger charge is 2.12. The Morgan fingerprint density at radius 3 is 2.53 bits per heavy atom. The molecular formula is C14H15NO2. The predicted molar refractivity (Wildman–Crippen MR) is 66.4 cm³/mol. The Hall–Kier alpha value is -2.03. The van der Waals surface area contributed by atoms with Gasteiger partial charge in [-0.25, -0.2) is 4.79 Å². The van der Waals surface area contributed by atoms with Crippen LogP contribution in [-0.2, 0) is 6.54 Å². The van der Waals surface area contributed by atoms with E-state index >= 15 is 0 Å². The molecule has 0 amide bonds. The second-order valence-electron chi connectivity index (χ2n) is 4.18. The fourth-order valence-electron chi connectivity index (χ4n) is 1.92. The summed E-state index contributed by atoms with van der Waals surface area (Å²) in [6.45, 7) is 4.56. The molecule has 3 heteroatoms. The van der Waals surface area contributed by atoms with Gasteiger partial charge in [-0.15, -0.1) is 0 Å². The summed E-state index contributed by atoms with van der Waals surface area (Å²) >= 11 is 0. The second-order valence-corrected chi connectivity index (χ2v) is 4.18. The van der Waals surface area contributed by atoms with E-state index in [0.29, 0.717) is 12.2 Å². The summed E-state index contributed by atoms with van der Waals surface area (Å²) < 4.78 is 1.82. The summed E-state index contributed by atoms with van der Waals surface area (Å²) in [5, 5.41) is 9.11. The van der Waals surface area contributed by atoms with Crippen molar-refractivity contribution in [2.45, 2.75) is 20.4 Å². The third kappa shape index (κ3) is 2.23. The molecule has 1 aromatic carbocycles. The van der Waals surface area contributed by atoms with Gasteiger partial charge in [-0.2, -0.15) is 0 Å². The third-order valence-corrected chi connectivity index (χ3v) is 3.01. The van der Waals surface area contributed by atoms with E-state index in [2.05, 4.69) is 0 Å². The molecular weight excluding hydrogens is 214 g/mol. The number of rotatable bonds is 3. The van der Waals surface area contributed by atoms with Crippen LogP contribution < -0.4 is 0 Å². The fraction of sp³-hybridized carbons (Fsp3) is 0.214. The summed E-state index contributed by atoms with van der Waals surface area (Å²) in [5.74, 6) is -0.883. The molecule has 0 unspecified atom stereocenters.